The van der Waals surface area contributed by atoms with Gasteiger partial charge in [0, 0.05) is 34.2 Å². The number of thiazole rings is 1. The van der Waals surface area contributed by atoms with E-state index < -0.39 is 63.8 Å². The summed E-state index contributed by atoms with van der Waals surface area (Å²) in [6, 6.07) is 3.96. The van der Waals surface area contributed by atoms with E-state index in [2.05, 4.69) is 46.7 Å². The van der Waals surface area contributed by atoms with Crippen molar-refractivity contribution in [1.82, 2.24) is 51.0 Å². The number of rotatable bonds is 13. The van der Waals surface area contributed by atoms with E-state index in [1.807, 2.05) is 0 Å². The van der Waals surface area contributed by atoms with Gasteiger partial charge in [0.25, 0.3) is 35.3 Å². The number of aromatic hydroxyl groups is 2. The SMILES string of the molecule is Cc1cc(SCC2=C(C(=O)O)N3C(=O)[C@@H](NC(=O)C(=NOC(C)(C)C(=O)NNC(=O)c4ccc(O)c(O)c4)c4csc(N)n4)[C@H]3SC2)nc2nc(C(=O)NC3CC3)nn12. The Morgan fingerprint density at radius 2 is 1.81 bits per heavy atom. The molecular weight excluding hydrogens is 833 g/mol. The van der Waals surface area contributed by atoms with Crippen LogP contribution in [0.1, 0.15) is 59.1 Å². The number of thioether (sulfide) groups is 2. The fraction of sp³-hybridized carbons (Fsp3) is 0.324. The maximum absolute atomic E-state index is 13.7. The largest absolute Gasteiger partial charge is 0.504 e. The lowest BCUT2D eigenvalue weighted by Crippen LogP contribution is -2.71. The highest BCUT2D eigenvalue weighted by Gasteiger charge is 2.54. The summed E-state index contributed by atoms with van der Waals surface area (Å²) in [7, 11) is 0. The molecule has 1 aliphatic carbocycles. The van der Waals surface area contributed by atoms with Crippen LogP contribution >= 0.6 is 34.9 Å². The molecular formula is C34H34N12O10S3. The molecule has 25 heteroatoms. The highest BCUT2D eigenvalue weighted by atomic mass is 32.2. The third-order valence-electron chi connectivity index (χ3n) is 8.93. The highest BCUT2D eigenvalue weighted by molar-refractivity contribution is 8.01. The molecule has 1 saturated carbocycles. The smallest absolute Gasteiger partial charge is 0.352 e. The molecule has 5 heterocycles. The summed E-state index contributed by atoms with van der Waals surface area (Å²) in [5.41, 5.74) is 8.57. The predicted octanol–water partition coefficient (Wildman–Crippen LogP) is 0.266. The average Bonchev–Trinajstić information content (AvgIpc) is 3.73. The van der Waals surface area contributed by atoms with Crippen LogP contribution in [0.15, 0.2) is 51.1 Å². The topological polar surface area (TPSA) is 318 Å². The lowest BCUT2D eigenvalue weighted by molar-refractivity contribution is -0.150. The number of nitrogen functional groups attached to an aromatic ring is 1. The number of aromatic nitrogens is 5. The number of benzene rings is 1. The first-order chi connectivity index (χ1) is 28.0. The van der Waals surface area contributed by atoms with E-state index in [1.165, 1.54) is 53.3 Å². The summed E-state index contributed by atoms with van der Waals surface area (Å²) >= 11 is 3.45. The minimum atomic E-state index is -1.82. The number of aryl methyl sites for hydroxylation is 1. The van der Waals surface area contributed by atoms with E-state index in [9.17, 15) is 44.1 Å². The molecule has 4 aromatic rings. The van der Waals surface area contributed by atoms with Crippen LogP contribution in [0.2, 0.25) is 0 Å². The molecule has 1 saturated heterocycles. The number of carbonyl (C=O) groups excluding carboxylic acids is 5. The number of aliphatic carboxylic acids is 1. The summed E-state index contributed by atoms with van der Waals surface area (Å²) in [5.74, 6) is -5.55. The van der Waals surface area contributed by atoms with Crippen molar-refractivity contribution in [2.24, 2.45) is 5.16 Å². The standard InChI is InChI=1S/C34H34N12O10S3/c1-13-8-20(38-33-40-24(43-46(13)33)27(51)36-16-5-6-16)57-10-15-11-58-29-22(28(52)45(29)23(15)30(53)54)39-26(50)21(17-12-59-32(35)37-17)44-56-34(2,3)31(55)42-41-25(49)14-4-7-18(47)19(48)9-14/h4,7-9,12,16,22,29,47-48H,5-6,10-11H2,1-3H3,(H2,35,37)(H,36,51)(H,39,50)(H,41,49)(H,42,55)(H,53,54)/t22-,29-/m1/s1. The van der Waals surface area contributed by atoms with Crippen molar-refractivity contribution >= 4 is 87.0 Å². The first-order valence-electron chi connectivity index (χ1n) is 17.5. The number of fused-ring (bicyclic) bond motifs is 2. The van der Waals surface area contributed by atoms with Crippen molar-refractivity contribution in [3.05, 3.63) is 63.7 Å². The third kappa shape index (κ3) is 8.56. The lowest BCUT2D eigenvalue weighted by Gasteiger charge is -2.49. The second-order valence-electron chi connectivity index (χ2n) is 13.8. The third-order valence-corrected chi connectivity index (χ3v) is 11.9. The number of anilines is 1. The van der Waals surface area contributed by atoms with Gasteiger partial charge in [0.1, 0.15) is 27.8 Å². The minimum Gasteiger partial charge on any atom is -0.504 e. The van der Waals surface area contributed by atoms with E-state index in [-0.39, 0.29) is 57.1 Å². The maximum atomic E-state index is 13.7. The summed E-state index contributed by atoms with van der Waals surface area (Å²) in [6.07, 6.45) is 1.81. The fourth-order valence-electron chi connectivity index (χ4n) is 5.60. The Bertz CT molecular complexity index is 2500. The Kier molecular flexibility index (Phi) is 11.1. The first-order valence-corrected chi connectivity index (χ1v) is 20.4. The van der Waals surface area contributed by atoms with Gasteiger partial charge in [-0.3, -0.25) is 39.7 Å². The number of hydrogen-bond donors (Lipinski definition) is 8. The number of nitrogens with zero attached hydrogens (tertiary/aromatic N) is 7. The Morgan fingerprint density at radius 1 is 1.05 bits per heavy atom. The van der Waals surface area contributed by atoms with Crippen LogP contribution in [0.25, 0.3) is 5.78 Å². The second kappa shape index (κ2) is 16.1. The van der Waals surface area contributed by atoms with Crippen molar-refractivity contribution < 1.29 is 48.9 Å². The number of oxime groups is 1. The van der Waals surface area contributed by atoms with E-state index in [0.717, 1.165) is 41.2 Å². The molecule has 308 valence electrons. The molecule has 2 fully saturated rings. The zero-order valence-electron chi connectivity index (χ0n) is 31.1. The predicted molar refractivity (Wildman–Crippen MR) is 210 cm³/mol. The van der Waals surface area contributed by atoms with Gasteiger partial charge in [-0.2, -0.15) is 4.98 Å². The van der Waals surface area contributed by atoms with Crippen molar-refractivity contribution in [1.29, 1.82) is 0 Å². The maximum Gasteiger partial charge on any atom is 0.352 e. The van der Waals surface area contributed by atoms with Gasteiger partial charge in [-0.15, -0.1) is 40.0 Å². The van der Waals surface area contributed by atoms with Crippen LogP contribution in [-0.4, -0.2) is 121 Å². The monoisotopic (exact) mass is 866 g/mol. The molecule has 2 atom stereocenters. The van der Waals surface area contributed by atoms with Gasteiger partial charge < -0.3 is 36.5 Å². The van der Waals surface area contributed by atoms with E-state index >= 15 is 0 Å². The highest BCUT2D eigenvalue weighted by Crippen LogP contribution is 2.41. The molecule has 1 aromatic carbocycles. The number of nitrogens with two attached hydrogens (primary N) is 1. The molecule has 9 N–H and O–H groups in total. The Morgan fingerprint density at radius 3 is 2.49 bits per heavy atom. The molecule has 7 rings (SSSR count). The molecule has 22 nitrogen and oxygen atoms in total. The number of phenolic OH excluding ortho intramolecular Hbond substituents is 2. The molecule has 3 aliphatic rings. The van der Waals surface area contributed by atoms with Gasteiger partial charge in [-0.25, -0.2) is 19.3 Å². The number of carboxylic acids is 1. The van der Waals surface area contributed by atoms with Crippen molar-refractivity contribution in [2.75, 3.05) is 17.2 Å². The number of carbonyl (C=O) groups is 6. The van der Waals surface area contributed by atoms with Crippen LogP contribution < -0.4 is 27.2 Å². The zero-order chi connectivity index (χ0) is 42.3. The van der Waals surface area contributed by atoms with Gasteiger partial charge in [0.2, 0.25) is 11.4 Å². The molecule has 5 amide bonds. The number of amides is 5. The van der Waals surface area contributed by atoms with Crippen molar-refractivity contribution in [3.8, 4) is 11.5 Å². The van der Waals surface area contributed by atoms with Gasteiger partial charge in [0.05, 0.1) is 0 Å². The number of nitrogens with one attached hydrogen (secondary N) is 4. The van der Waals surface area contributed by atoms with E-state index in [1.54, 1.807) is 13.0 Å². The Hall–Kier alpha value is -6.47. The first kappa shape index (κ1) is 40.7. The minimum absolute atomic E-state index is 0.00901. The second-order valence-corrected chi connectivity index (χ2v) is 16.8. The summed E-state index contributed by atoms with van der Waals surface area (Å²) in [6.45, 7) is 4.34. The van der Waals surface area contributed by atoms with Gasteiger partial charge >= 0.3 is 5.97 Å². The number of hydrogen-bond acceptors (Lipinski definition) is 18. The number of hydrazine groups is 1. The number of β-lactam (4-membered cyclic amide) rings is 1. The van der Waals surface area contributed by atoms with Crippen LogP contribution in [0.4, 0.5) is 5.13 Å². The summed E-state index contributed by atoms with van der Waals surface area (Å²) in [4.78, 5) is 97.1. The van der Waals surface area contributed by atoms with Crippen LogP contribution in [-0.2, 0) is 24.0 Å². The van der Waals surface area contributed by atoms with Crippen molar-refractivity contribution in [3.63, 3.8) is 0 Å². The normalized spacial score (nSPS) is 17.8. The van der Waals surface area contributed by atoms with Crippen LogP contribution in [0.3, 0.4) is 0 Å². The van der Waals surface area contributed by atoms with E-state index in [4.69, 9.17) is 10.6 Å². The van der Waals surface area contributed by atoms with Crippen LogP contribution in [0, 0.1) is 6.92 Å². The number of carboxylic acid groups (broad SMARTS) is 1. The van der Waals surface area contributed by atoms with Crippen molar-refractivity contribution in [2.45, 2.75) is 61.7 Å². The average molecular weight is 867 g/mol. The molecule has 3 aromatic heterocycles. The van der Waals surface area contributed by atoms with E-state index in [0.29, 0.717) is 16.3 Å². The zero-order valence-corrected chi connectivity index (χ0v) is 33.5. The number of phenols is 2. The molecule has 0 unspecified atom stereocenters. The van der Waals surface area contributed by atoms with Crippen LogP contribution in [0.5, 0.6) is 11.5 Å². The molecule has 2 aliphatic heterocycles. The van der Waals surface area contributed by atoms with Gasteiger partial charge in [-0.1, -0.05) is 5.16 Å². The summed E-state index contributed by atoms with van der Waals surface area (Å²) in [5, 5.41) is 44.1. The molecule has 59 heavy (non-hydrogen) atoms. The fourth-order valence-corrected chi connectivity index (χ4v) is 8.58. The van der Waals surface area contributed by atoms with Gasteiger partial charge in [0.15, 0.2) is 22.3 Å². The molecule has 0 radical (unpaired) electrons. The lowest BCUT2D eigenvalue weighted by atomic mass is 10.0. The Labute approximate surface area is 345 Å². The van der Waals surface area contributed by atoms with Gasteiger partial charge in [-0.05, 0) is 63.5 Å². The molecule has 0 spiro atoms. The quantitative estimate of drug-likeness (QED) is 0.0223. The summed E-state index contributed by atoms with van der Waals surface area (Å²) < 4.78 is 1.45. The Balaban J connectivity index is 1.01. The molecule has 0 bridgehead atoms.